The normalized spacial score (nSPS) is 10.9. The van der Waals surface area contributed by atoms with E-state index in [-0.39, 0.29) is 18.0 Å². The maximum absolute atomic E-state index is 12.2. The Kier molecular flexibility index (Phi) is 5.93. The molecule has 0 aliphatic carbocycles. The number of nitrogens with one attached hydrogen (secondary N) is 4. The maximum Gasteiger partial charge on any atom is 0.320 e. The van der Waals surface area contributed by atoms with Crippen molar-refractivity contribution in [3.63, 3.8) is 0 Å². The Bertz CT molecular complexity index is 991. The van der Waals surface area contributed by atoms with Crippen LogP contribution < -0.4 is 16.0 Å². The van der Waals surface area contributed by atoms with Crippen LogP contribution in [0.15, 0.2) is 42.5 Å². The Hall–Kier alpha value is -3.35. The third-order valence-electron chi connectivity index (χ3n) is 4.63. The summed E-state index contributed by atoms with van der Waals surface area (Å²) >= 11 is 0. The average Bonchev–Trinajstić information content (AvgIpc) is 3.07. The highest BCUT2D eigenvalue weighted by Gasteiger charge is 2.13. The van der Waals surface area contributed by atoms with Crippen LogP contribution in [-0.2, 0) is 4.79 Å². The number of hydrogen-bond donors (Lipinski definition) is 4. The van der Waals surface area contributed by atoms with Crippen LogP contribution in [0.25, 0.3) is 22.0 Å². The SMILES string of the molecule is CCC(CC)NC(=O)Nc1n[nH]c2cc(-c3cccc(NC(C)=O)c3)ccc12. The first kappa shape index (κ1) is 19.4. The van der Waals surface area contributed by atoms with E-state index in [0.29, 0.717) is 5.82 Å². The molecule has 3 aromatic rings. The molecule has 0 bridgehead atoms. The molecule has 0 spiro atoms. The van der Waals surface area contributed by atoms with Crippen LogP contribution in [0.1, 0.15) is 33.6 Å². The number of nitrogens with zero attached hydrogens (tertiary/aromatic N) is 1. The molecule has 2 aromatic carbocycles. The van der Waals surface area contributed by atoms with E-state index in [1.165, 1.54) is 6.92 Å². The van der Waals surface area contributed by atoms with Crippen LogP contribution in [0.4, 0.5) is 16.3 Å². The molecule has 7 nitrogen and oxygen atoms in total. The highest BCUT2D eigenvalue weighted by molar-refractivity contribution is 6.00. The first-order valence-electron chi connectivity index (χ1n) is 9.43. The van der Waals surface area contributed by atoms with Gasteiger partial charge < -0.3 is 10.6 Å². The fourth-order valence-corrected chi connectivity index (χ4v) is 3.10. The quantitative estimate of drug-likeness (QED) is 0.507. The zero-order chi connectivity index (χ0) is 20.1. The molecule has 3 rings (SSSR count). The summed E-state index contributed by atoms with van der Waals surface area (Å²) in [5, 5.41) is 16.6. The monoisotopic (exact) mass is 379 g/mol. The fraction of sp³-hybridized carbons (Fsp3) is 0.286. The largest absolute Gasteiger partial charge is 0.335 e. The molecule has 1 heterocycles. The van der Waals surface area contributed by atoms with Gasteiger partial charge in [0.1, 0.15) is 0 Å². The fourth-order valence-electron chi connectivity index (χ4n) is 3.10. The van der Waals surface area contributed by atoms with E-state index in [0.717, 1.165) is 40.6 Å². The number of hydrogen-bond acceptors (Lipinski definition) is 3. The molecule has 0 saturated carbocycles. The van der Waals surface area contributed by atoms with E-state index in [4.69, 9.17) is 0 Å². The lowest BCUT2D eigenvalue weighted by atomic mass is 10.0. The third kappa shape index (κ3) is 4.49. The molecule has 0 fully saturated rings. The molecule has 0 aliphatic rings. The molecule has 4 N–H and O–H groups in total. The third-order valence-corrected chi connectivity index (χ3v) is 4.63. The summed E-state index contributed by atoms with van der Waals surface area (Å²) in [7, 11) is 0. The van der Waals surface area contributed by atoms with Gasteiger partial charge in [0.2, 0.25) is 5.91 Å². The van der Waals surface area contributed by atoms with E-state index in [2.05, 4.69) is 26.1 Å². The van der Waals surface area contributed by atoms with E-state index in [9.17, 15) is 9.59 Å². The maximum atomic E-state index is 12.2. The molecular formula is C21H25N5O2. The average molecular weight is 379 g/mol. The van der Waals surface area contributed by atoms with Crippen molar-refractivity contribution in [2.75, 3.05) is 10.6 Å². The predicted molar refractivity (Wildman–Crippen MR) is 112 cm³/mol. The highest BCUT2D eigenvalue weighted by atomic mass is 16.2. The summed E-state index contributed by atoms with van der Waals surface area (Å²) in [6.45, 7) is 5.57. The van der Waals surface area contributed by atoms with Gasteiger partial charge in [0, 0.05) is 24.0 Å². The summed E-state index contributed by atoms with van der Waals surface area (Å²) in [4.78, 5) is 23.5. The topological polar surface area (TPSA) is 98.9 Å². The first-order valence-corrected chi connectivity index (χ1v) is 9.43. The molecule has 0 atom stereocenters. The molecule has 0 aliphatic heterocycles. The lowest BCUT2D eigenvalue weighted by molar-refractivity contribution is -0.114. The second kappa shape index (κ2) is 8.56. The van der Waals surface area contributed by atoms with Gasteiger partial charge in [0.05, 0.1) is 5.52 Å². The molecule has 0 unspecified atom stereocenters. The van der Waals surface area contributed by atoms with Crippen LogP contribution in [0.3, 0.4) is 0 Å². The number of aromatic nitrogens is 2. The zero-order valence-electron chi connectivity index (χ0n) is 16.3. The lowest BCUT2D eigenvalue weighted by Gasteiger charge is -2.14. The molecule has 28 heavy (non-hydrogen) atoms. The summed E-state index contributed by atoms with van der Waals surface area (Å²) in [6.07, 6.45) is 1.76. The second-order valence-electron chi connectivity index (χ2n) is 6.71. The van der Waals surface area contributed by atoms with Crippen molar-refractivity contribution in [3.05, 3.63) is 42.5 Å². The number of rotatable bonds is 6. The summed E-state index contributed by atoms with van der Waals surface area (Å²) in [5.74, 6) is 0.389. The molecule has 146 valence electrons. The minimum Gasteiger partial charge on any atom is -0.335 e. The molecular weight excluding hydrogens is 354 g/mol. The van der Waals surface area contributed by atoms with Crippen molar-refractivity contribution in [3.8, 4) is 11.1 Å². The summed E-state index contributed by atoms with van der Waals surface area (Å²) in [5.41, 5.74) is 3.52. The minimum absolute atomic E-state index is 0.108. The standard InChI is InChI=1S/C21H25N5O2/c1-4-16(5-2)23-21(28)24-20-18-10-9-15(12-19(18)25-26-20)14-7-6-8-17(11-14)22-13(3)27/h6-12,16H,4-5H2,1-3H3,(H,22,27)(H3,23,24,25,26,28). The van der Waals surface area contributed by atoms with Gasteiger partial charge in [0.25, 0.3) is 0 Å². The van der Waals surface area contributed by atoms with E-state index < -0.39 is 0 Å². The van der Waals surface area contributed by atoms with Gasteiger partial charge in [-0.2, -0.15) is 5.10 Å². The number of anilines is 2. The zero-order valence-corrected chi connectivity index (χ0v) is 16.3. The Morgan fingerprint density at radius 3 is 2.50 bits per heavy atom. The Labute approximate surface area is 163 Å². The Morgan fingerprint density at radius 1 is 1.04 bits per heavy atom. The predicted octanol–water partition coefficient (Wildman–Crippen LogP) is 4.50. The molecule has 0 radical (unpaired) electrons. The van der Waals surface area contributed by atoms with Crippen LogP contribution in [0.5, 0.6) is 0 Å². The molecule has 3 amide bonds. The molecule has 7 heteroatoms. The van der Waals surface area contributed by atoms with Crippen molar-refractivity contribution >= 4 is 34.3 Å². The Balaban J connectivity index is 1.81. The molecule has 0 saturated heterocycles. The minimum atomic E-state index is -0.255. The number of carbonyl (C=O) groups excluding carboxylic acids is 2. The van der Waals surface area contributed by atoms with Crippen molar-refractivity contribution in [1.29, 1.82) is 0 Å². The number of urea groups is 1. The number of fused-ring (bicyclic) bond motifs is 1. The van der Waals surface area contributed by atoms with Crippen LogP contribution in [-0.4, -0.2) is 28.2 Å². The number of H-pyrrole nitrogens is 1. The van der Waals surface area contributed by atoms with Crippen molar-refractivity contribution < 1.29 is 9.59 Å². The number of benzene rings is 2. The summed E-state index contributed by atoms with van der Waals surface area (Å²) < 4.78 is 0. The molecule has 1 aromatic heterocycles. The Morgan fingerprint density at radius 2 is 1.79 bits per heavy atom. The van der Waals surface area contributed by atoms with E-state index in [1.54, 1.807) is 0 Å². The number of aromatic amines is 1. The van der Waals surface area contributed by atoms with Gasteiger partial charge in [0.15, 0.2) is 5.82 Å². The summed E-state index contributed by atoms with van der Waals surface area (Å²) in [6, 6.07) is 13.4. The lowest BCUT2D eigenvalue weighted by Crippen LogP contribution is -2.37. The van der Waals surface area contributed by atoms with Gasteiger partial charge >= 0.3 is 6.03 Å². The number of amides is 3. The van der Waals surface area contributed by atoms with Gasteiger partial charge in [-0.15, -0.1) is 0 Å². The van der Waals surface area contributed by atoms with Crippen LogP contribution in [0.2, 0.25) is 0 Å². The van der Waals surface area contributed by atoms with E-state index in [1.807, 2.05) is 56.3 Å². The van der Waals surface area contributed by atoms with Gasteiger partial charge in [-0.3, -0.25) is 15.2 Å². The smallest absolute Gasteiger partial charge is 0.320 e. The van der Waals surface area contributed by atoms with E-state index >= 15 is 0 Å². The van der Waals surface area contributed by atoms with Crippen molar-refractivity contribution in [1.82, 2.24) is 15.5 Å². The van der Waals surface area contributed by atoms with Gasteiger partial charge in [-0.25, -0.2) is 4.79 Å². The van der Waals surface area contributed by atoms with Gasteiger partial charge in [-0.1, -0.05) is 32.0 Å². The highest BCUT2D eigenvalue weighted by Crippen LogP contribution is 2.28. The van der Waals surface area contributed by atoms with Crippen molar-refractivity contribution in [2.45, 2.75) is 39.7 Å². The van der Waals surface area contributed by atoms with Gasteiger partial charge in [-0.05, 0) is 48.2 Å². The first-order chi connectivity index (χ1) is 13.5. The van der Waals surface area contributed by atoms with Crippen molar-refractivity contribution in [2.24, 2.45) is 0 Å². The second-order valence-corrected chi connectivity index (χ2v) is 6.71. The van der Waals surface area contributed by atoms with Crippen LogP contribution >= 0.6 is 0 Å². The number of carbonyl (C=O) groups is 2. The van der Waals surface area contributed by atoms with Crippen LogP contribution in [0, 0.1) is 0 Å².